The van der Waals surface area contributed by atoms with Crippen molar-refractivity contribution in [3.63, 3.8) is 0 Å². The van der Waals surface area contributed by atoms with Crippen molar-refractivity contribution in [3.8, 4) is 0 Å². The average molecular weight is 362 g/mol. The van der Waals surface area contributed by atoms with Gasteiger partial charge in [0.1, 0.15) is 5.82 Å². The fourth-order valence-corrected chi connectivity index (χ4v) is 3.84. The third kappa shape index (κ3) is 5.50. The highest BCUT2D eigenvalue weighted by Crippen LogP contribution is 2.16. The number of hydrogen-bond donors (Lipinski definition) is 1. The molecule has 1 aromatic carbocycles. The molecule has 1 N–H and O–H groups in total. The van der Waals surface area contributed by atoms with Gasteiger partial charge in [-0.3, -0.25) is 14.6 Å². The first-order chi connectivity index (χ1) is 12.6. The largest absolute Gasteiger partial charge is 0.352 e. The number of piperidine rings is 1. The van der Waals surface area contributed by atoms with Gasteiger partial charge in [-0.1, -0.05) is 25.1 Å². The van der Waals surface area contributed by atoms with Crippen molar-refractivity contribution in [1.29, 1.82) is 0 Å². The second-order valence-electron chi connectivity index (χ2n) is 7.42. The van der Waals surface area contributed by atoms with Crippen LogP contribution >= 0.6 is 0 Å². The number of likely N-dealkylation sites (N-methyl/N-ethyl adjacent to an activating group) is 1. The van der Waals surface area contributed by atoms with Crippen molar-refractivity contribution in [1.82, 2.24) is 20.0 Å². The molecule has 1 aromatic rings. The van der Waals surface area contributed by atoms with Gasteiger partial charge in [0.15, 0.2) is 0 Å². The first-order valence-electron chi connectivity index (χ1n) is 9.84. The van der Waals surface area contributed by atoms with Crippen LogP contribution in [0.1, 0.15) is 25.3 Å². The van der Waals surface area contributed by atoms with Gasteiger partial charge in [-0.25, -0.2) is 4.39 Å². The smallest absolute Gasteiger partial charge is 0.234 e. The van der Waals surface area contributed by atoms with E-state index in [2.05, 4.69) is 26.9 Å². The molecule has 144 valence electrons. The summed E-state index contributed by atoms with van der Waals surface area (Å²) in [7, 11) is 0. The molecule has 6 heteroatoms. The predicted octanol–water partition coefficient (Wildman–Crippen LogP) is 1.54. The second kappa shape index (κ2) is 9.44. The lowest BCUT2D eigenvalue weighted by atomic mass is 10.0. The van der Waals surface area contributed by atoms with Gasteiger partial charge in [-0.2, -0.15) is 0 Å². The van der Waals surface area contributed by atoms with Gasteiger partial charge in [0.05, 0.1) is 6.54 Å². The molecule has 2 fully saturated rings. The van der Waals surface area contributed by atoms with Gasteiger partial charge in [0, 0.05) is 57.4 Å². The Labute approximate surface area is 156 Å². The summed E-state index contributed by atoms with van der Waals surface area (Å²) in [5, 5.41) is 3.19. The molecular weight excluding hydrogens is 331 g/mol. The van der Waals surface area contributed by atoms with E-state index in [0.717, 1.165) is 64.2 Å². The molecule has 2 saturated heterocycles. The quantitative estimate of drug-likeness (QED) is 0.833. The topological polar surface area (TPSA) is 38.8 Å². The lowest BCUT2D eigenvalue weighted by molar-refractivity contribution is -0.123. The van der Waals surface area contributed by atoms with Gasteiger partial charge in [-0.15, -0.1) is 0 Å². The minimum atomic E-state index is -0.133. The van der Waals surface area contributed by atoms with Crippen LogP contribution in [0.5, 0.6) is 0 Å². The Morgan fingerprint density at radius 3 is 2.35 bits per heavy atom. The van der Waals surface area contributed by atoms with Crippen LogP contribution in [0.4, 0.5) is 4.39 Å². The third-order valence-electron chi connectivity index (χ3n) is 5.58. The summed E-state index contributed by atoms with van der Waals surface area (Å²) in [5.74, 6) is 0.00796. The summed E-state index contributed by atoms with van der Waals surface area (Å²) in [6, 6.07) is 7.22. The SMILES string of the molecule is CCN1CCN(CC(=O)NC2CCN(Cc3ccccc3F)CC2)CC1. The Morgan fingerprint density at radius 1 is 1.04 bits per heavy atom. The zero-order valence-electron chi connectivity index (χ0n) is 15.8. The van der Waals surface area contributed by atoms with Crippen LogP contribution in [0.15, 0.2) is 24.3 Å². The van der Waals surface area contributed by atoms with Crippen molar-refractivity contribution < 1.29 is 9.18 Å². The van der Waals surface area contributed by atoms with Gasteiger partial charge in [0.25, 0.3) is 0 Å². The summed E-state index contributed by atoms with van der Waals surface area (Å²) in [4.78, 5) is 19.2. The van der Waals surface area contributed by atoms with Crippen LogP contribution in [0.3, 0.4) is 0 Å². The number of nitrogens with one attached hydrogen (secondary N) is 1. The van der Waals surface area contributed by atoms with Crippen LogP contribution in [0, 0.1) is 5.82 Å². The number of benzene rings is 1. The molecule has 0 unspecified atom stereocenters. The lowest BCUT2D eigenvalue weighted by Crippen LogP contribution is -2.51. The number of nitrogens with zero attached hydrogens (tertiary/aromatic N) is 3. The first-order valence-corrected chi connectivity index (χ1v) is 9.84. The molecule has 0 radical (unpaired) electrons. The van der Waals surface area contributed by atoms with Crippen LogP contribution in [0.25, 0.3) is 0 Å². The molecule has 0 atom stereocenters. The first kappa shape index (κ1) is 19.3. The number of halogens is 1. The van der Waals surface area contributed by atoms with E-state index in [1.165, 1.54) is 6.07 Å². The molecule has 1 amide bonds. The number of carbonyl (C=O) groups excluding carboxylic acids is 1. The molecule has 0 saturated carbocycles. The summed E-state index contributed by atoms with van der Waals surface area (Å²) < 4.78 is 13.8. The molecule has 0 spiro atoms. The van der Waals surface area contributed by atoms with Crippen molar-refractivity contribution >= 4 is 5.91 Å². The fraction of sp³-hybridized carbons (Fsp3) is 0.650. The van der Waals surface area contributed by atoms with E-state index in [0.29, 0.717) is 13.1 Å². The lowest BCUT2D eigenvalue weighted by Gasteiger charge is -2.35. The van der Waals surface area contributed by atoms with Crippen LogP contribution in [-0.2, 0) is 11.3 Å². The molecule has 2 aliphatic heterocycles. The number of amides is 1. The highest BCUT2D eigenvalue weighted by molar-refractivity contribution is 5.78. The van der Waals surface area contributed by atoms with E-state index in [1.807, 2.05) is 12.1 Å². The maximum atomic E-state index is 13.8. The molecule has 3 rings (SSSR count). The minimum Gasteiger partial charge on any atom is -0.352 e. The fourth-order valence-electron chi connectivity index (χ4n) is 3.84. The van der Waals surface area contributed by atoms with Gasteiger partial charge in [-0.05, 0) is 25.5 Å². The monoisotopic (exact) mass is 362 g/mol. The van der Waals surface area contributed by atoms with Crippen molar-refractivity contribution in [3.05, 3.63) is 35.6 Å². The van der Waals surface area contributed by atoms with Crippen molar-refractivity contribution in [2.75, 3.05) is 52.4 Å². The van der Waals surface area contributed by atoms with Gasteiger partial charge < -0.3 is 10.2 Å². The van der Waals surface area contributed by atoms with Crippen molar-refractivity contribution in [2.24, 2.45) is 0 Å². The van der Waals surface area contributed by atoms with E-state index in [-0.39, 0.29) is 17.8 Å². The zero-order chi connectivity index (χ0) is 18.4. The van der Waals surface area contributed by atoms with E-state index in [4.69, 9.17) is 0 Å². The Balaban J connectivity index is 1.36. The highest BCUT2D eigenvalue weighted by Gasteiger charge is 2.23. The molecule has 2 heterocycles. The summed E-state index contributed by atoms with van der Waals surface area (Å²) >= 11 is 0. The van der Waals surface area contributed by atoms with Crippen LogP contribution in [-0.4, -0.2) is 79.0 Å². The Kier molecular flexibility index (Phi) is 7.00. The minimum absolute atomic E-state index is 0.133. The second-order valence-corrected chi connectivity index (χ2v) is 7.42. The Hall–Kier alpha value is -1.50. The zero-order valence-corrected chi connectivity index (χ0v) is 15.8. The van der Waals surface area contributed by atoms with Crippen molar-refractivity contribution in [2.45, 2.75) is 32.4 Å². The maximum Gasteiger partial charge on any atom is 0.234 e. The van der Waals surface area contributed by atoms with E-state index in [9.17, 15) is 9.18 Å². The number of likely N-dealkylation sites (tertiary alicyclic amines) is 1. The summed E-state index contributed by atoms with van der Waals surface area (Å²) in [6.07, 6.45) is 1.87. The highest BCUT2D eigenvalue weighted by atomic mass is 19.1. The normalized spacial score (nSPS) is 21.0. The summed E-state index contributed by atoms with van der Waals surface area (Å²) in [6.45, 7) is 10.3. The summed E-state index contributed by atoms with van der Waals surface area (Å²) in [5.41, 5.74) is 0.751. The Bertz CT molecular complexity index is 581. The maximum absolute atomic E-state index is 13.8. The predicted molar refractivity (Wildman–Crippen MR) is 101 cm³/mol. The molecule has 2 aliphatic rings. The number of hydrogen-bond acceptors (Lipinski definition) is 4. The van der Waals surface area contributed by atoms with E-state index >= 15 is 0 Å². The molecule has 0 aliphatic carbocycles. The van der Waals surface area contributed by atoms with Crippen LogP contribution < -0.4 is 5.32 Å². The number of rotatable bonds is 6. The average Bonchev–Trinajstić information content (AvgIpc) is 2.66. The number of carbonyl (C=O) groups is 1. The third-order valence-corrected chi connectivity index (χ3v) is 5.58. The van der Waals surface area contributed by atoms with E-state index < -0.39 is 0 Å². The van der Waals surface area contributed by atoms with Gasteiger partial charge in [0.2, 0.25) is 5.91 Å². The molecular formula is C20H31FN4O. The molecule has 26 heavy (non-hydrogen) atoms. The van der Waals surface area contributed by atoms with Crippen LogP contribution in [0.2, 0.25) is 0 Å². The number of piperazine rings is 1. The molecule has 5 nitrogen and oxygen atoms in total. The Morgan fingerprint density at radius 2 is 1.69 bits per heavy atom. The van der Waals surface area contributed by atoms with Gasteiger partial charge >= 0.3 is 0 Å². The standard InChI is InChI=1S/C20H31FN4O/c1-2-23-11-13-25(14-12-23)16-20(26)22-18-7-9-24(10-8-18)15-17-5-3-4-6-19(17)21/h3-6,18H,2,7-16H2,1H3,(H,22,26). The molecule has 0 aromatic heterocycles. The van der Waals surface area contributed by atoms with E-state index in [1.54, 1.807) is 6.07 Å². The molecule has 0 bridgehead atoms.